The lowest BCUT2D eigenvalue weighted by atomic mass is 10.1. The Morgan fingerprint density at radius 1 is 0.927 bits per heavy atom. The highest BCUT2D eigenvalue weighted by Gasteiger charge is 2.44. The van der Waals surface area contributed by atoms with E-state index in [-0.39, 0.29) is 22.5 Å². The van der Waals surface area contributed by atoms with E-state index in [1.54, 1.807) is 67.7 Å². The fraction of sp³-hybridized carbons (Fsp3) is 0.241. The number of hydrogen-bond donors (Lipinski definition) is 1. The maximum atomic E-state index is 13.7. The van der Waals surface area contributed by atoms with E-state index >= 15 is 0 Å². The summed E-state index contributed by atoms with van der Waals surface area (Å²) < 4.78 is 15.4. The van der Waals surface area contributed by atoms with Crippen LogP contribution in [0.25, 0.3) is 0 Å². The molecule has 41 heavy (non-hydrogen) atoms. The van der Waals surface area contributed by atoms with Crippen molar-refractivity contribution in [1.82, 2.24) is 4.90 Å². The Morgan fingerprint density at radius 2 is 1.63 bits per heavy atom. The second-order valence-electron chi connectivity index (χ2n) is 9.02. The number of esters is 1. The molecule has 1 fully saturated rings. The fourth-order valence-corrected chi connectivity index (χ4v) is 5.14. The molecule has 0 aromatic heterocycles. The Labute approximate surface area is 252 Å². The van der Waals surface area contributed by atoms with Gasteiger partial charge in [0.15, 0.2) is 16.6 Å². The predicted octanol–water partition coefficient (Wildman–Crippen LogP) is 5.37. The van der Waals surface area contributed by atoms with Crippen LogP contribution in [0.4, 0.5) is 11.4 Å². The van der Waals surface area contributed by atoms with Crippen LogP contribution in [-0.4, -0.2) is 61.7 Å². The molecule has 1 N–H and O–H groups in total. The number of benzene rings is 3. The van der Waals surface area contributed by atoms with E-state index in [1.807, 2.05) is 12.1 Å². The highest BCUT2D eigenvalue weighted by molar-refractivity contribution is 7.80. The topological polar surface area (TPSA) is 97.4 Å². The fourth-order valence-electron chi connectivity index (χ4n) is 4.43. The van der Waals surface area contributed by atoms with Gasteiger partial charge in [-0.1, -0.05) is 29.3 Å². The highest BCUT2D eigenvalue weighted by atomic mass is 35.5. The molecule has 9 nitrogen and oxygen atoms in total. The van der Waals surface area contributed by atoms with Crippen molar-refractivity contribution in [2.75, 3.05) is 38.1 Å². The van der Waals surface area contributed by atoms with Crippen LogP contribution in [0.15, 0.2) is 60.7 Å². The van der Waals surface area contributed by atoms with Crippen molar-refractivity contribution in [3.05, 3.63) is 81.8 Å². The minimum absolute atomic E-state index is 0.165. The number of amides is 2. The molecular weight excluding hydrogens is 589 g/mol. The zero-order valence-electron chi connectivity index (χ0n) is 22.5. The largest absolute Gasteiger partial charge is 0.493 e. The summed E-state index contributed by atoms with van der Waals surface area (Å²) in [7, 11) is 4.41. The Morgan fingerprint density at radius 3 is 2.27 bits per heavy atom. The van der Waals surface area contributed by atoms with Crippen molar-refractivity contribution < 1.29 is 28.6 Å². The van der Waals surface area contributed by atoms with Crippen LogP contribution in [0.3, 0.4) is 0 Å². The number of nitrogens with one attached hydrogen (secondary N) is 1. The first-order valence-electron chi connectivity index (χ1n) is 12.5. The Hall–Kier alpha value is -3.86. The maximum absolute atomic E-state index is 13.7. The number of thiocarbonyl (C=S) groups is 1. The van der Waals surface area contributed by atoms with Crippen LogP contribution in [0.1, 0.15) is 22.3 Å². The minimum Gasteiger partial charge on any atom is -0.493 e. The first kappa shape index (κ1) is 30.1. The molecule has 1 saturated heterocycles. The van der Waals surface area contributed by atoms with Gasteiger partial charge in [0.25, 0.3) is 5.91 Å². The average Bonchev–Trinajstić information content (AvgIpc) is 3.20. The minimum atomic E-state index is -0.869. The molecule has 0 saturated carbocycles. The molecule has 1 aliphatic rings. The summed E-state index contributed by atoms with van der Waals surface area (Å²) in [5.74, 6) is -0.0684. The van der Waals surface area contributed by atoms with Gasteiger partial charge in [-0.2, -0.15) is 0 Å². The second kappa shape index (κ2) is 13.2. The molecule has 0 bridgehead atoms. The van der Waals surface area contributed by atoms with Gasteiger partial charge in [-0.25, -0.2) is 4.79 Å². The first-order chi connectivity index (χ1) is 19.7. The third kappa shape index (κ3) is 6.73. The Bertz CT molecular complexity index is 1480. The van der Waals surface area contributed by atoms with Crippen molar-refractivity contribution in [1.29, 1.82) is 0 Å². The predicted molar refractivity (Wildman–Crippen MR) is 161 cm³/mol. The molecule has 1 unspecified atom stereocenters. The van der Waals surface area contributed by atoms with Gasteiger partial charge in [0.2, 0.25) is 5.91 Å². The molecule has 1 heterocycles. The molecule has 1 atom stereocenters. The number of nitrogens with zero attached hydrogens (tertiary/aromatic N) is 2. The van der Waals surface area contributed by atoms with Gasteiger partial charge in [0, 0.05) is 12.2 Å². The molecule has 2 amide bonds. The Balaban J connectivity index is 1.56. The van der Waals surface area contributed by atoms with Crippen LogP contribution in [0.2, 0.25) is 10.0 Å². The van der Waals surface area contributed by atoms with Crippen LogP contribution in [0.5, 0.6) is 11.5 Å². The standard InChI is InChI=1S/C29H27Cl2N3O6S/c1-38-24-11-4-17(14-25(24)39-2)12-13-33-23(16-26(35)32-19-7-5-18(6-8-19)28(37)40-3)27(36)34(29(33)41)20-9-10-21(30)22(31)15-20/h4-11,14-15,23H,12-13,16H2,1-3H3,(H,32,35). The van der Waals surface area contributed by atoms with E-state index in [4.69, 9.17) is 49.6 Å². The lowest BCUT2D eigenvalue weighted by Gasteiger charge is -2.24. The summed E-state index contributed by atoms with van der Waals surface area (Å²) in [6.45, 7) is 0.351. The van der Waals surface area contributed by atoms with Crippen molar-refractivity contribution >= 4 is 69.7 Å². The molecule has 0 radical (unpaired) electrons. The third-order valence-corrected chi connectivity index (χ3v) is 7.69. The quantitative estimate of drug-likeness (QED) is 0.240. The number of halogens is 2. The van der Waals surface area contributed by atoms with E-state index in [0.29, 0.717) is 46.4 Å². The van der Waals surface area contributed by atoms with Crippen LogP contribution >= 0.6 is 35.4 Å². The van der Waals surface area contributed by atoms with Gasteiger partial charge < -0.3 is 24.4 Å². The summed E-state index contributed by atoms with van der Waals surface area (Å²) in [5.41, 5.74) is 2.20. The molecule has 0 spiro atoms. The van der Waals surface area contributed by atoms with E-state index in [0.717, 1.165) is 5.56 Å². The number of ether oxygens (including phenoxy) is 3. The van der Waals surface area contributed by atoms with E-state index in [2.05, 4.69) is 5.32 Å². The lowest BCUT2D eigenvalue weighted by Crippen LogP contribution is -2.39. The maximum Gasteiger partial charge on any atom is 0.337 e. The average molecular weight is 617 g/mol. The summed E-state index contributed by atoms with van der Waals surface area (Å²) in [6, 6.07) is 15.7. The number of carbonyl (C=O) groups excluding carboxylic acids is 3. The van der Waals surface area contributed by atoms with Gasteiger partial charge in [-0.15, -0.1) is 0 Å². The van der Waals surface area contributed by atoms with Gasteiger partial charge in [0.05, 0.1) is 49.0 Å². The van der Waals surface area contributed by atoms with Crippen LogP contribution in [0, 0.1) is 0 Å². The molecule has 0 aliphatic carbocycles. The van der Waals surface area contributed by atoms with Crippen molar-refractivity contribution in [3.63, 3.8) is 0 Å². The molecule has 12 heteroatoms. The zero-order chi connectivity index (χ0) is 29.7. The SMILES string of the molecule is COC(=O)c1ccc(NC(=O)CC2C(=O)N(c3ccc(Cl)c(Cl)c3)C(=S)N2CCc2ccc(OC)c(OC)c2)cc1. The monoisotopic (exact) mass is 615 g/mol. The van der Waals surface area contributed by atoms with Gasteiger partial charge in [-0.3, -0.25) is 14.5 Å². The van der Waals surface area contributed by atoms with Gasteiger partial charge in [-0.05, 0) is 78.8 Å². The van der Waals surface area contributed by atoms with E-state index in [9.17, 15) is 14.4 Å². The van der Waals surface area contributed by atoms with Crippen molar-refractivity contribution in [2.24, 2.45) is 0 Å². The molecular formula is C29H27Cl2N3O6S. The van der Waals surface area contributed by atoms with Crippen LogP contribution < -0.4 is 19.7 Å². The zero-order valence-corrected chi connectivity index (χ0v) is 24.8. The first-order valence-corrected chi connectivity index (χ1v) is 13.6. The number of hydrogen-bond acceptors (Lipinski definition) is 7. The van der Waals surface area contributed by atoms with Crippen molar-refractivity contribution in [2.45, 2.75) is 18.9 Å². The molecule has 3 aromatic rings. The molecule has 3 aromatic carbocycles. The number of carbonyl (C=O) groups is 3. The van der Waals surface area contributed by atoms with Gasteiger partial charge >= 0.3 is 5.97 Å². The normalized spacial score (nSPS) is 14.7. The summed E-state index contributed by atoms with van der Waals surface area (Å²) >= 11 is 18.1. The summed E-state index contributed by atoms with van der Waals surface area (Å²) in [6.07, 6.45) is 0.345. The number of methoxy groups -OCH3 is 3. The smallest absolute Gasteiger partial charge is 0.337 e. The second-order valence-corrected chi connectivity index (χ2v) is 10.2. The Kier molecular flexibility index (Phi) is 9.69. The van der Waals surface area contributed by atoms with Crippen molar-refractivity contribution in [3.8, 4) is 11.5 Å². The molecule has 214 valence electrons. The number of anilines is 2. The van der Waals surface area contributed by atoms with Gasteiger partial charge in [0.1, 0.15) is 6.04 Å². The van der Waals surface area contributed by atoms with E-state index < -0.39 is 17.9 Å². The molecule has 1 aliphatic heterocycles. The van der Waals surface area contributed by atoms with Crippen LogP contribution in [-0.2, 0) is 20.7 Å². The summed E-state index contributed by atoms with van der Waals surface area (Å²) in [4.78, 5) is 41.6. The molecule has 4 rings (SSSR count). The highest BCUT2D eigenvalue weighted by Crippen LogP contribution is 2.33. The third-order valence-electron chi connectivity index (χ3n) is 6.54. The lowest BCUT2D eigenvalue weighted by molar-refractivity contribution is -0.124. The number of rotatable bonds is 10. The van der Waals surface area contributed by atoms with E-state index in [1.165, 1.54) is 12.0 Å². The summed E-state index contributed by atoms with van der Waals surface area (Å²) in [5, 5.41) is 3.64.